The smallest absolute Gasteiger partial charge is 0.342 e. The fraction of sp³-hybridized carbons (Fsp3) is 0.447. The number of anilines is 4. The number of aromatic amines is 1. The van der Waals surface area contributed by atoms with Gasteiger partial charge in [0.1, 0.15) is 50.6 Å². The summed E-state index contributed by atoms with van der Waals surface area (Å²) in [7, 11) is -6.43. The molecule has 20 nitrogen and oxygen atoms in total. The summed E-state index contributed by atoms with van der Waals surface area (Å²) >= 11 is 6.47. The van der Waals surface area contributed by atoms with Gasteiger partial charge in [-0.05, 0) is 167 Å². The molecule has 0 radical (unpaired) electrons. The first kappa shape index (κ1) is 77.9. The number of nitrogens with one attached hydrogen (secondary N) is 4. The van der Waals surface area contributed by atoms with Gasteiger partial charge >= 0.3 is 5.97 Å². The minimum atomic E-state index is -3.31. The third-order valence-corrected chi connectivity index (χ3v) is 19.6. The van der Waals surface area contributed by atoms with Crippen molar-refractivity contribution in [2.24, 2.45) is 33.2 Å². The molecule has 0 bridgehead atoms. The normalized spacial score (nSPS) is 17.2. The van der Waals surface area contributed by atoms with Crippen molar-refractivity contribution in [3.8, 4) is 23.2 Å². The minimum Gasteiger partial charge on any atom is -0.480 e. The van der Waals surface area contributed by atoms with E-state index in [0.717, 1.165) is 52.7 Å². The standard InChI is InChI=1S/C39H49N5O4S.C37H48ClN5O6S/c1-10-44(17-18-49(9,46)47)29-15-16-31(24(3)21-29)41-33-30(22-40)32(38(45)48-36-25(4)19-23(2)20-26(36)5)34-35(33)43-37(42-34)27-11-13-28(14-12-27)39(6,7)8;1-10-31(49-32-17-12-23(3)20-25(32)5)35(45)40-26-13-15-28(38)30(22-26)42-36(46)33(34(44)37(6,7)8)41-29-16-14-27(21-24(29)4)43(11-2)19-18-39-50(9,47)48/h11-16,21,23,25-26,36H,10,17-20H2,1-9H3,(H,42,43);12-17,20-22,31,39H,10-11,18-19H2,1-9H3,(H,40,45)(H,42,46). The number of Topliss-reactive ketones (excluding diaryl/α,β-unsaturated/α-hetero) is 1. The van der Waals surface area contributed by atoms with E-state index in [-0.39, 0.29) is 69.1 Å². The van der Waals surface area contributed by atoms with Crippen LogP contribution < -0.4 is 29.9 Å². The third kappa shape index (κ3) is 20.6. The summed E-state index contributed by atoms with van der Waals surface area (Å²) < 4.78 is 61.4. The third-order valence-electron chi connectivity index (χ3n) is 17.6. The molecular weight excluding hydrogens is 1310 g/mol. The maximum Gasteiger partial charge on any atom is 0.342 e. The van der Waals surface area contributed by atoms with Crippen molar-refractivity contribution < 1.29 is 45.5 Å². The molecule has 2 aliphatic rings. The Morgan fingerprint density at radius 2 is 1.37 bits per heavy atom. The number of ether oxygens (including phenoxy) is 2. The number of sulfone groups is 1. The summed E-state index contributed by atoms with van der Waals surface area (Å²) in [4.78, 5) is 76.4. The van der Waals surface area contributed by atoms with Crippen LogP contribution in [0.5, 0.6) is 5.75 Å². The number of fused-ring (bicyclic) bond motifs is 1. The predicted molar refractivity (Wildman–Crippen MR) is 400 cm³/mol. The molecule has 23 heteroatoms. The van der Waals surface area contributed by atoms with Gasteiger partial charge in [-0.25, -0.2) is 41.3 Å². The number of ketones is 1. The predicted octanol–water partition coefficient (Wildman–Crippen LogP) is 14.3. The quantitative estimate of drug-likeness (QED) is 0.0249. The van der Waals surface area contributed by atoms with E-state index >= 15 is 0 Å². The van der Waals surface area contributed by atoms with Crippen LogP contribution in [0.2, 0.25) is 5.02 Å². The number of carbonyl (C=O) groups excluding carboxylic acids is 4. The lowest BCUT2D eigenvalue weighted by molar-refractivity contribution is -0.150. The number of rotatable bonds is 24. The lowest BCUT2D eigenvalue weighted by Gasteiger charge is -2.37. The lowest BCUT2D eigenvalue weighted by Crippen LogP contribution is -2.37. The van der Waals surface area contributed by atoms with Crippen LogP contribution in [0.1, 0.15) is 142 Å². The fourth-order valence-corrected chi connectivity index (χ4v) is 13.4. The van der Waals surface area contributed by atoms with Gasteiger partial charge < -0.3 is 34.9 Å². The first-order chi connectivity index (χ1) is 46.3. The zero-order chi connectivity index (χ0) is 73.2. The van der Waals surface area contributed by atoms with E-state index in [4.69, 9.17) is 31.1 Å². The number of likely N-dealkylation sites (N-methyl/N-ethyl adjacent to an activating group) is 1. The molecule has 1 heterocycles. The van der Waals surface area contributed by atoms with Gasteiger partial charge in [0.15, 0.2) is 17.6 Å². The second kappa shape index (κ2) is 32.7. The van der Waals surface area contributed by atoms with E-state index in [1.54, 1.807) is 32.9 Å². The molecule has 8 rings (SSSR count). The molecule has 1 aromatic heterocycles. The molecule has 4 N–H and O–H groups in total. The molecule has 2 amide bonds. The summed E-state index contributed by atoms with van der Waals surface area (Å²) in [5, 5.41) is 16.3. The number of halogens is 1. The minimum absolute atomic E-state index is 0.00883. The maximum absolute atomic E-state index is 14.1. The molecule has 0 spiro atoms. The van der Waals surface area contributed by atoms with E-state index in [9.17, 15) is 41.3 Å². The van der Waals surface area contributed by atoms with Gasteiger partial charge in [0, 0.05) is 67.0 Å². The maximum atomic E-state index is 14.1. The highest BCUT2D eigenvalue weighted by molar-refractivity contribution is 7.90. The molecule has 99 heavy (non-hydrogen) atoms. The first-order valence-corrected chi connectivity index (χ1v) is 37.9. The molecule has 3 unspecified atom stereocenters. The van der Waals surface area contributed by atoms with Crippen LogP contribution in [-0.2, 0) is 49.2 Å². The number of carbonyl (C=O) groups is 4. The number of nitriles is 1. The number of allylic oxidation sites excluding steroid dienone is 1. The van der Waals surface area contributed by atoms with Gasteiger partial charge in [-0.1, -0.05) is 123 Å². The van der Waals surface area contributed by atoms with Gasteiger partial charge in [0.05, 0.1) is 45.4 Å². The molecule has 0 saturated heterocycles. The number of nitrogens with zero attached hydrogens (tertiary/aromatic N) is 6. The summed E-state index contributed by atoms with van der Waals surface area (Å²) in [6.07, 6.45) is 3.69. The van der Waals surface area contributed by atoms with Crippen molar-refractivity contribution >= 4 is 106 Å². The number of hydrogen-bond acceptors (Lipinski definition) is 16. The first-order valence-electron chi connectivity index (χ1n) is 33.6. The Balaban J connectivity index is 0.000000278. The van der Waals surface area contributed by atoms with Crippen LogP contribution in [0.3, 0.4) is 0 Å². The van der Waals surface area contributed by atoms with Gasteiger partial charge in [-0.3, -0.25) is 14.4 Å². The molecule has 5 aromatic carbocycles. The zero-order valence-electron chi connectivity index (χ0n) is 60.4. The van der Waals surface area contributed by atoms with Crippen molar-refractivity contribution in [1.82, 2.24) is 14.7 Å². The summed E-state index contributed by atoms with van der Waals surface area (Å²) in [6.45, 7) is 33.8. The van der Waals surface area contributed by atoms with Gasteiger partial charge in [-0.15, -0.1) is 0 Å². The second-order valence-electron chi connectivity index (χ2n) is 28.2. The average molecular weight is 1410 g/mol. The topological polar surface area (TPSA) is 275 Å². The van der Waals surface area contributed by atoms with Crippen molar-refractivity contribution in [3.05, 3.63) is 147 Å². The highest BCUT2D eigenvalue weighted by atomic mass is 35.5. The number of aryl methyl sites for hydroxylation is 4. The Kier molecular flexibility index (Phi) is 25.7. The molecule has 1 saturated carbocycles. The van der Waals surface area contributed by atoms with E-state index in [1.165, 1.54) is 24.0 Å². The van der Waals surface area contributed by atoms with Gasteiger partial charge in [0.2, 0.25) is 10.0 Å². The molecule has 1 fully saturated rings. The monoisotopic (exact) mass is 1410 g/mol. The number of hydrogen-bond donors (Lipinski definition) is 4. The highest BCUT2D eigenvalue weighted by Gasteiger charge is 2.41. The largest absolute Gasteiger partial charge is 0.480 e. The number of imidazole rings is 1. The Labute approximate surface area is 590 Å². The highest BCUT2D eigenvalue weighted by Crippen LogP contribution is 2.41. The molecule has 3 atom stereocenters. The molecular formula is C76H97ClN10O10S2. The Hall–Kier alpha value is -8.49. The number of aliphatic imine (C=N–C) groups is 2. The number of amides is 2. The Morgan fingerprint density at radius 1 is 0.768 bits per heavy atom. The van der Waals surface area contributed by atoms with Crippen molar-refractivity contribution in [2.75, 3.05) is 71.4 Å². The van der Waals surface area contributed by atoms with Crippen LogP contribution in [0.15, 0.2) is 113 Å². The average Bonchev–Trinajstić information content (AvgIpc) is 1.59. The zero-order valence-corrected chi connectivity index (χ0v) is 62.8. The summed E-state index contributed by atoms with van der Waals surface area (Å²) in [5.41, 5.74) is 9.15. The van der Waals surface area contributed by atoms with Crippen molar-refractivity contribution in [1.29, 1.82) is 5.26 Å². The van der Waals surface area contributed by atoms with Crippen LogP contribution in [0.4, 0.5) is 34.1 Å². The lowest BCUT2D eigenvalue weighted by atomic mass is 9.75. The molecule has 0 aliphatic heterocycles. The van der Waals surface area contributed by atoms with E-state index < -0.39 is 49.0 Å². The molecule has 530 valence electrons. The van der Waals surface area contributed by atoms with Crippen LogP contribution >= 0.6 is 11.6 Å². The number of esters is 1. The van der Waals surface area contributed by atoms with E-state index in [2.05, 4.69) is 85.1 Å². The van der Waals surface area contributed by atoms with E-state index in [0.29, 0.717) is 89.8 Å². The second-order valence-corrected chi connectivity index (χ2v) is 32.7. The Bertz CT molecular complexity index is 4360. The number of sulfonamides is 1. The SMILES string of the molecule is CCC(Oc1ccc(C)cc1C)C(=O)Nc1ccc(Cl)c(NC(=O)C(=Nc2ccc(N(CC)CCNS(C)(=O)=O)cc2C)C(=O)C(C)(C)C)c1.CCN(CCS(C)(=O)=O)c1ccc(N=C2C(C#N)=C(C(=O)OC3C(C)CC(C)CC3C)c3nc(-c4ccc(C(C)(C)C)cc4)[nH]c32)c(C)c1. The summed E-state index contributed by atoms with van der Waals surface area (Å²) in [6, 6.07) is 32.0. The van der Waals surface area contributed by atoms with Gasteiger partial charge in [-0.2, -0.15) is 5.26 Å². The number of benzene rings is 5. The summed E-state index contributed by atoms with van der Waals surface area (Å²) in [5.74, 6) is 0.0322. The van der Waals surface area contributed by atoms with Crippen LogP contribution in [0.25, 0.3) is 17.0 Å². The molecule has 6 aromatic rings. The van der Waals surface area contributed by atoms with Crippen LogP contribution in [-0.4, -0.2) is 125 Å². The Morgan fingerprint density at radius 3 is 1.91 bits per heavy atom. The van der Waals surface area contributed by atoms with Crippen molar-refractivity contribution in [2.45, 2.75) is 148 Å². The molecule has 2 aliphatic carbocycles. The fourth-order valence-electron chi connectivity index (χ4n) is 12.2. The number of H-pyrrole nitrogens is 1. The number of aromatic nitrogens is 2. The van der Waals surface area contributed by atoms with Crippen molar-refractivity contribution in [3.63, 3.8) is 0 Å². The van der Waals surface area contributed by atoms with Gasteiger partial charge in [0.25, 0.3) is 11.8 Å². The van der Waals surface area contributed by atoms with Crippen LogP contribution in [0, 0.1) is 62.2 Å². The van der Waals surface area contributed by atoms with E-state index in [1.807, 2.05) is 119 Å².